The molecule has 1 heteroatoms. The van der Waals surface area contributed by atoms with E-state index in [2.05, 4.69) is 154 Å². The lowest BCUT2D eigenvalue weighted by molar-refractivity contribution is -0.659. The van der Waals surface area contributed by atoms with Gasteiger partial charge in [-0.25, -0.2) is 4.57 Å². The Morgan fingerprint density at radius 3 is 1.82 bits per heavy atom. The number of fused-ring (bicyclic) bond motifs is 2. The van der Waals surface area contributed by atoms with Crippen LogP contribution in [0.25, 0.3) is 43.9 Å². The lowest BCUT2D eigenvalue weighted by atomic mass is 9.60. The number of hydrogen-bond acceptors (Lipinski definition) is 0. The van der Waals surface area contributed by atoms with Gasteiger partial charge >= 0.3 is 0 Å². The van der Waals surface area contributed by atoms with E-state index >= 15 is 0 Å². The number of aryl methyl sites for hydroxylation is 3. The predicted molar refractivity (Wildman–Crippen MR) is 182 cm³/mol. The van der Waals surface area contributed by atoms with Gasteiger partial charge in [0, 0.05) is 17.9 Å². The Balaban J connectivity index is 1.21. The Kier molecular flexibility index (Phi) is 5.35. The van der Waals surface area contributed by atoms with Crippen LogP contribution in [0.3, 0.4) is 0 Å². The fraction of sp³-hybridized carbons (Fsp3) is 0.140. The van der Waals surface area contributed by atoms with E-state index in [0.717, 1.165) is 0 Å². The summed E-state index contributed by atoms with van der Waals surface area (Å²) in [5.41, 5.74) is 17.9. The molecule has 0 fully saturated rings. The summed E-state index contributed by atoms with van der Waals surface area (Å²) in [4.78, 5) is 0. The molecular weight excluding hydrogens is 530 g/mol. The van der Waals surface area contributed by atoms with Crippen LogP contribution in [0.2, 0.25) is 0 Å². The van der Waals surface area contributed by atoms with Gasteiger partial charge in [-0.3, -0.25) is 0 Å². The third-order valence-electron chi connectivity index (χ3n) is 10.4. The largest absolute Gasteiger partial charge is 0.220 e. The van der Waals surface area contributed by atoms with Crippen LogP contribution in [0.1, 0.15) is 61.9 Å². The molecule has 0 saturated heterocycles. The molecule has 3 aliphatic rings. The molecule has 0 aliphatic heterocycles. The van der Waals surface area contributed by atoms with E-state index in [9.17, 15) is 0 Å². The number of hydrogen-bond donors (Lipinski definition) is 0. The summed E-state index contributed by atoms with van der Waals surface area (Å²) in [7, 11) is 2.16. The topological polar surface area (TPSA) is 3.88 Å². The molecule has 210 valence electrons. The molecule has 10 rings (SSSR count). The second-order valence-corrected chi connectivity index (χ2v) is 13.0. The number of rotatable bonds is 2. The van der Waals surface area contributed by atoms with Crippen molar-refractivity contribution in [2.24, 2.45) is 7.05 Å². The lowest BCUT2D eigenvalue weighted by Gasteiger charge is -2.42. The van der Waals surface area contributed by atoms with Gasteiger partial charge in [0.15, 0.2) is 6.20 Å². The first kappa shape index (κ1) is 25.5. The summed E-state index contributed by atoms with van der Waals surface area (Å²) in [6.07, 6.45) is 2.21. The molecule has 2 unspecified atom stereocenters. The molecule has 0 radical (unpaired) electrons. The fourth-order valence-electron chi connectivity index (χ4n) is 8.26. The van der Waals surface area contributed by atoms with E-state index in [1.165, 1.54) is 94.0 Å². The molecule has 2 bridgehead atoms. The quantitative estimate of drug-likeness (QED) is 0.184. The van der Waals surface area contributed by atoms with Crippen molar-refractivity contribution in [2.45, 2.75) is 32.6 Å². The van der Waals surface area contributed by atoms with E-state index < -0.39 is 0 Å². The van der Waals surface area contributed by atoms with E-state index in [1.807, 2.05) is 0 Å². The van der Waals surface area contributed by atoms with Crippen molar-refractivity contribution in [3.8, 4) is 22.4 Å². The van der Waals surface area contributed by atoms with E-state index in [4.69, 9.17) is 0 Å². The molecule has 0 amide bonds. The maximum absolute atomic E-state index is 2.49. The summed E-state index contributed by atoms with van der Waals surface area (Å²) in [5, 5.41) is 5.22. The third kappa shape index (κ3) is 3.56. The molecule has 44 heavy (non-hydrogen) atoms. The maximum atomic E-state index is 2.49. The average molecular weight is 565 g/mol. The van der Waals surface area contributed by atoms with Gasteiger partial charge in [0.1, 0.15) is 7.05 Å². The summed E-state index contributed by atoms with van der Waals surface area (Å²) in [5.74, 6) is 0.532. The highest BCUT2D eigenvalue weighted by atomic mass is 14.9. The highest BCUT2D eigenvalue weighted by Gasteiger charge is 2.41. The SMILES string of the molecule is Cc1cc(C)c(C)c(-c2c3ccc(-c4ccc5c(c4)C4c6ccccc6C5c5cc6ccccc6cc54)cc3cc[n+]2C)c1. The molecule has 1 aromatic heterocycles. The van der Waals surface area contributed by atoms with Crippen molar-refractivity contribution in [1.82, 2.24) is 0 Å². The number of aromatic nitrogens is 1. The Morgan fingerprint density at radius 1 is 0.500 bits per heavy atom. The van der Waals surface area contributed by atoms with Crippen LogP contribution in [0, 0.1) is 20.8 Å². The first-order valence-corrected chi connectivity index (χ1v) is 15.7. The fourth-order valence-corrected chi connectivity index (χ4v) is 8.26. The van der Waals surface area contributed by atoms with Gasteiger partial charge in [0.2, 0.25) is 5.69 Å². The van der Waals surface area contributed by atoms with Crippen LogP contribution in [-0.4, -0.2) is 0 Å². The van der Waals surface area contributed by atoms with Crippen LogP contribution in [0.4, 0.5) is 0 Å². The minimum Gasteiger partial charge on any atom is -0.200 e. The van der Waals surface area contributed by atoms with Gasteiger partial charge in [-0.2, -0.15) is 0 Å². The summed E-state index contributed by atoms with van der Waals surface area (Å²) in [6.45, 7) is 6.66. The molecule has 1 heterocycles. The minimum absolute atomic E-state index is 0.254. The number of pyridine rings is 1. The monoisotopic (exact) mass is 564 g/mol. The van der Waals surface area contributed by atoms with Crippen molar-refractivity contribution in [3.63, 3.8) is 0 Å². The molecule has 0 spiro atoms. The second-order valence-electron chi connectivity index (χ2n) is 13.0. The molecule has 1 nitrogen and oxygen atoms in total. The van der Waals surface area contributed by atoms with Gasteiger partial charge in [-0.1, -0.05) is 78.4 Å². The van der Waals surface area contributed by atoms with Gasteiger partial charge in [-0.05, 0) is 129 Å². The molecule has 0 N–H and O–H groups in total. The molecule has 2 atom stereocenters. The van der Waals surface area contributed by atoms with Crippen LogP contribution >= 0.6 is 0 Å². The summed E-state index contributed by atoms with van der Waals surface area (Å²) >= 11 is 0. The lowest BCUT2D eigenvalue weighted by Crippen LogP contribution is -2.30. The highest BCUT2D eigenvalue weighted by Crippen LogP contribution is 2.56. The molecule has 3 aliphatic carbocycles. The summed E-state index contributed by atoms with van der Waals surface area (Å²) in [6, 6.07) is 44.0. The average Bonchev–Trinajstić information content (AvgIpc) is 3.05. The van der Waals surface area contributed by atoms with Crippen LogP contribution in [0.15, 0.2) is 121 Å². The van der Waals surface area contributed by atoms with E-state index in [-0.39, 0.29) is 11.8 Å². The Morgan fingerprint density at radius 2 is 1.09 bits per heavy atom. The Bertz CT molecular complexity index is 2340. The Hall–Kier alpha value is -5.01. The molecule has 0 saturated carbocycles. The maximum Gasteiger partial charge on any atom is 0.220 e. The van der Waals surface area contributed by atoms with Gasteiger partial charge < -0.3 is 0 Å². The van der Waals surface area contributed by atoms with Crippen molar-refractivity contribution >= 4 is 21.5 Å². The van der Waals surface area contributed by atoms with Crippen molar-refractivity contribution in [2.75, 3.05) is 0 Å². The molecule has 7 aromatic rings. The first-order chi connectivity index (χ1) is 21.5. The van der Waals surface area contributed by atoms with Gasteiger partial charge in [0.05, 0.1) is 10.9 Å². The minimum atomic E-state index is 0.254. The summed E-state index contributed by atoms with van der Waals surface area (Å²) < 4.78 is 2.28. The van der Waals surface area contributed by atoms with Crippen LogP contribution < -0.4 is 4.57 Å². The molecule has 6 aromatic carbocycles. The second kappa shape index (κ2) is 9.24. The van der Waals surface area contributed by atoms with Crippen LogP contribution in [0.5, 0.6) is 0 Å². The van der Waals surface area contributed by atoms with Crippen molar-refractivity contribution in [1.29, 1.82) is 0 Å². The van der Waals surface area contributed by atoms with Crippen molar-refractivity contribution in [3.05, 3.63) is 172 Å². The van der Waals surface area contributed by atoms with Gasteiger partial charge in [-0.15, -0.1) is 0 Å². The third-order valence-corrected chi connectivity index (χ3v) is 10.4. The normalized spacial score (nSPS) is 16.2. The van der Waals surface area contributed by atoms with E-state index in [0.29, 0.717) is 0 Å². The first-order valence-electron chi connectivity index (χ1n) is 15.7. The van der Waals surface area contributed by atoms with E-state index in [1.54, 1.807) is 0 Å². The molecular formula is C43H34N+. The predicted octanol–water partition coefficient (Wildman–Crippen LogP) is 10.1. The van der Waals surface area contributed by atoms with Crippen molar-refractivity contribution < 1.29 is 4.57 Å². The smallest absolute Gasteiger partial charge is 0.200 e. The number of nitrogens with zero attached hydrogens (tertiary/aromatic N) is 1. The Labute approximate surface area is 259 Å². The van der Waals surface area contributed by atoms with Gasteiger partial charge in [0.25, 0.3) is 0 Å². The standard InChI is InChI=1S/C43H34N/c1-25-19-26(2)27(3)37(20-25)43-33-15-13-30(21-32(33)17-18-44(43)4)31-14-16-36-38(24-31)42-35-12-8-7-11-34(35)41(36)39-22-28-9-5-6-10-29(28)23-40(39)42/h5-24,41-42H,1-4H3/q+1. The number of benzene rings is 6. The zero-order valence-corrected chi connectivity index (χ0v) is 25.6. The van der Waals surface area contributed by atoms with Crippen LogP contribution in [-0.2, 0) is 7.05 Å². The zero-order chi connectivity index (χ0) is 29.7. The highest BCUT2D eigenvalue weighted by molar-refractivity contribution is 5.96. The zero-order valence-electron chi connectivity index (χ0n) is 25.6.